The van der Waals surface area contributed by atoms with Gasteiger partial charge in [0.05, 0.1) is 19.6 Å². The Hall–Kier alpha value is -1.94. The van der Waals surface area contributed by atoms with Crippen LogP contribution in [0, 0.1) is 0 Å². The summed E-state index contributed by atoms with van der Waals surface area (Å²) in [4.78, 5) is 26.6. The van der Waals surface area contributed by atoms with Gasteiger partial charge in [-0.15, -0.1) is 49.6 Å². The number of nitrogens with zero attached hydrogens (tertiary/aromatic N) is 1. The van der Waals surface area contributed by atoms with E-state index in [0.29, 0.717) is 12.8 Å². The number of quaternary nitrogens is 4. The van der Waals surface area contributed by atoms with Gasteiger partial charge in [-0.1, -0.05) is 72.8 Å². The fourth-order valence-electron chi connectivity index (χ4n) is 5.01. The van der Waals surface area contributed by atoms with E-state index in [4.69, 9.17) is 0 Å². The van der Waals surface area contributed by atoms with E-state index in [9.17, 15) is 9.59 Å². The highest BCUT2D eigenvalue weighted by Gasteiger charge is 2.27. The van der Waals surface area contributed by atoms with E-state index in [2.05, 4.69) is 47.8 Å². The largest absolute Gasteiger partial charge is 0.353 e. The summed E-state index contributed by atoms with van der Waals surface area (Å²) in [5.41, 5.74) is 14.1. The molecule has 2 atom stereocenters. The van der Waals surface area contributed by atoms with E-state index in [-0.39, 0.29) is 67.7 Å². The molecule has 11 heteroatoms. The molecule has 0 aliphatic heterocycles. The van der Waals surface area contributed by atoms with Crippen molar-refractivity contribution in [3.05, 3.63) is 83.9 Å². The lowest BCUT2D eigenvalue weighted by atomic mass is 9.96. The van der Waals surface area contributed by atoms with Crippen LogP contribution in [0.1, 0.15) is 24.0 Å². The van der Waals surface area contributed by atoms with Crippen molar-refractivity contribution in [2.45, 2.75) is 37.8 Å². The zero-order valence-corrected chi connectivity index (χ0v) is 27.2. The van der Waals surface area contributed by atoms with Crippen molar-refractivity contribution in [2.75, 3.05) is 39.8 Å². The first kappa shape index (κ1) is 41.2. The van der Waals surface area contributed by atoms with E-state index in [0.717, 1.165) is 65.5 Å². The second-order valence-corrected chi connectivity index (χ2v) is 10.4. The van der Waals surface area contributed by atoms with Gasteiger partial charge >= 0.3 is 0 Å². The van der Waals surface area contributed by atoms with Gasteiger partial charge in [-0.05, 0) is 28.3 Å². The molecular formula is C30H49Cl4N5O2+4. The molecule has 3 rings (SSSR count). The van der Waals surface area contributed by atoms with Crippen LogP contribution in [0.3, 0.4) is 0 Å². The molecule has 0 aromatic heterocycles. The van der Waals surface area contributed by atoms with Crippen LogP contribution >= 0.6 is 49.6 Å². The Labute approximate surface area is 269 Å². The molecule has 3 aromatic carbocycles. The number of nitrogens with one attached hydrogen (secondary N) is 1. The van der Waals surface area contributed by atoms with Crippen LogP contribution in [0.5, 0.6) is 0 Å². The zero-order chi connectivity index (χ0) is 26.7. The normalized spacial score (nSPS) is 12.0. The topological polar surface area (TPSA) is 129 Å². The van der Waals surface area contributed by atoms with Crippen molar-refractivity contribution in [2.24, 2.45) is 0 Å². The average Bonchev–Trinajstić information content (AvgIpc) is 2.89. The average molecular weight is 654 g/mol. The Kier molecular flexibility index (Phi) is 21.0. The van der Waals surface area contributed by atoms with Crippen LogP contribution in [0.2, 0.25) is 0 Å². The molecular weight excluding hydrogens is 604 g/mol. The SMILES string of the molecule is C[N+](CC[NH3+])(CC[NH3+])CCC[C@H]([NH3+])C(=O)N[C@@H](Cc1ccccc1)C(=O)Cc1ccc2ccccc2c1.Cl.Cl.Cl.Cl. The molecule has 0 radical (unpaired) electrons. The molecule has 7 nitrogen and oxygen atoms in total. The second kappa shape index (κ2) is 20.9. The maximum atomic E-state index is 13.5. The van der Waals surface area contributed by atoms with Gasteiger partial charge in [0, 0.05) is 19.3 Å². The molecule has 0 aliphatic carbocycles. The van der Waals surface area contributed by atoms with Gasteiger partial charge in [0.25, 0.3) is 5.91 Å². The van der Waals surface area contributed by atoms with Crippen molar-refractivity contribution < 1.29 is 31.3 Å². The smallest absolute Gasteiger partial charge is 0.278 e. The highest BCUT2D eigenvalue weighted by Crippen LogP contribution is 2.17. The first-order valence-corrected chi connectivity index (χ1v) is 13.4. The number of hydrogen-bond acceptors (Lipinski definition) is 2. The Balaban J connectivity index is 0. The minimum Gasteiger partial charge on any atom is -0.353 e. The molecule has 10 N–H and O–H groups in total. The number of likely N-dealkylation sites (N-methyl/N-ethyl adjacent to an activating group) is 1. The molecule has 0 unspecified atom stereocenters. The summed E-state index contributed by atoms with van der Waals surface area (Å²) < 4.78 is 0.919. The van der Waals surface area contributed by atoms with Gasteiger partial charge in [-0.2, -0.15) is 0 Å². The fraction of sp³-hybridized carbons (Fsp3) is 0.400. The summed E-state index contributed by atoms with van der Waals surface area (Å²) in [5, 5.41) is 5.30. The van der Waals surface area contributed by atoms with Crippen LogP contribution in [0.4, 0.5) is 0 Å². The molecule has 230 valence electrons. The van der Waals surface area contributed by atoms with E-state index >= 15 is 0 Å². The minimum absolute atomic E-state index is 0. The molecule has 0 heterocycles. The molecule has 1 amide bonds. The predicted molar refractivity (Wildman–Crippen MR) is 176 cm³/mol. The number of hydrogen-bond donors (Lipinski definition) is 4. The van der Waals surface area contributed by atoms with Gasteiger partial charge in [0.1, 0.15) is 26.2 Å². The number of ketones is 1. The summed E-state index contributed by atoms with van der Waals surface area (Å²) in [6, 6.07) is 23.1. The number of Topliss-reactive ketones (excluding diaryl/α,β-unsaturated/α-hetero) is 1. The number of benzene rings is 3. The van der Waals surface area contributed by atoms with Crippen molar-refractivity contribution in [3.63, 3.8) is 0 Å². The fourth-order valence-corrected chi connectivity index (χ4v) is 5.01. The Morgan fingerprint density at radius 1 is 0.780 bits per heavy atom. The summed E-state index contributed by atoms with van der Waals surface area (Å²) in [6.07, 6.45) is 2.32. The van der Waals surface area contributed by atoms with Gasteiger partial charge in [-0.25, -0.2) is 0 Å². The third-order valence-corrected chi connectivity index (χ3v) is 7.20. The first-order chi connectivity index (χ1) is 17.8. The van der Waals surface area contributed by atoms with Crippen LogP contribution in [-0.4, -0.2) is 68.0 Å². The Morgan fingerprint density at radius 3 is 1.98 bits per heavy atom. The quantitative estimate of drug-likeness (QED) is 0.186. The van der Waals surface area contributed by atoms with Crippen molar-refractivity contribution in [3.8, 4) is 0 Å². The summed E-state index contributed by atoms with van der Waals surface area (Å²) in [5.74, 6) is -0.147. The maximum Gasteiger partial charge on any atom is 0.278 e. The first-order valence-electron chi connectivity index (χ1n) is 13.4. The predicted octanol–water partition coefficient (Wildman–Crippen LogP) is 1.69. The van der Waals surface area contributed by atoms with E-state index in [1.165, 1.54) is 0 Å². The van der Waals surface area contributed by atoms with Crippen LogP contribution < -0.4 is 22.5 Å². The molecule has 0 saturated carbocycles. The standard InChI is InChI=1S/C30H41N5O2.4ClH/c1-35(18-15-31,19-16-32)17-7-12-27(33)30(37)34-28(21-23-8-3-2-4-9-23)29(36)22-24-13-14-25-10-5-6-11-26(25)20-24;;;;/h2-6,8-11,13-14,20,27-28H,7,12,15-19,21-22,31-33H2,1H3;4*1H/p+4/t27-,28-;;;;/m0..../s1. The molecule has 0 bridgehead atoms. The van der Waals surface area contributed by atoms with Gasteiger partial charge < -0.3 is 27.0 Å². The van der Waals surface area contributed by atoms with E-state index < -0.39 is 12.1 Å². The van der Waals surface area contributed by atoms with E-state index in [1.54, 1.807) is 0 Å². The van der Waals surface area contributed by atoms with Crippen molar-refractivity contribution in [1.29, 1.82) is 0 Å². The van der Waals surface area contributed by atoms with Crippen LogP contribution in [0.25, 0.3) is 10.8 Å². The van der Waals surface area contributed by atoms with Crippen molar-refractivity contribution in [1.82, 2.24) is 5.32 Å². The molecule has 41 heavy (non-hydrogen) atoms. The molecule has 0 aliphatic rings. The summed E-state index contributed by atoms with van der Waals surface area (Å²) in [7, 11) is 2.23. The van der Waals surface area contributed by atoms with Crippen LogP contribution in [0.15, 0.2) is 72.8 Å². The van der Waals surface area contributed by atoms with Gasteiger partial charge in [0.2, 0.25) is 0 Å². The third-order valence-electron chi connectivity index (χ3n) is 7.20. The lowest BCUT2D eigenvalue weighted by Crippen LogP contribution is -2.69. The number of carbonyl (C=O) groups excluding carboxylic acids is 2. The molecule has 0 saturated heterocycles. The maximum absolute atomic E-state index is 13.5. The lowest BCUT2D eigenvalue weighted by molar-refractivity contribution is -0.918. The summed E-state index contributed by atoms with van der Waals surface area (Å²) in [6.45, 7) is 4.74. The number of fused-ring (bicyclic) bond motifs is 1. The Bertz CT molecular complexity index is 1160. The van der Waals surface area contributed by atoms with Crippen LogP contribution in [-0.2, 0) is 22.4 Å². The molecule has 0 spiro atoms. The zero-order valence-electron chi connectivity index (χ0n) is 24.0. The number of rotatable bonds is 15. The molecule has 0 fully saturated rings. The van der Waals surface area contributed by atoms with Crippen molar-refractivity contribution >= 4 is 72.1 Å². The Morgan fingerprint density at radius 2 is 1.37 bits per heavy atom. The van der Waals surface area contributed by atoms with E-state index in [1.807, 2.05) is 54.6 Å². The number of carbonyl (C=O) groups is 2. The minimum atomic E-state index is -0.594. The van der Waals surface area contributed by atoms with Gasteiger partial charge in [-0.3, -0.25) is 9.59 Å². The lowest BCUT2D eigenvalue weighted by Gasteiger charge is -2.32. The number of amides is 1. The summed E-state index contributed by atoms with van der Waals surface area (Å²) >= 11 is 0. The number of halogens is 4. The highest BCUT2D eigenvalue weighted by atomic mass is 35.5. The van der Waals surface area contributed by atoms with Gasteiger partial charge in [0.15, 0.2) is 11.8 Å². The third kappa shape index (κ3) is 13.3. The molecule has 3 aromatic rings. The highest BCUT2D eigenvalue weighted by molar-refractivity contribution is 5.92. The second-order valence-electron chi connectivity index (χ2n) is 10.4. The monoisotopic (exact) mass is 651 g/mol.